The van der Waals surface area contributed by atoms with Gasteiger partial charge in [-0.2, -0.15) is 0 Å². The van der Waals surface area contributed by atoms with Crippen molar-refractivity contribution in [1.29, 1.82) is 0 Å². The SMILES string of the molecule is O=S(c1ccccc1)c1ccc2c(c1)CCO2. The standard InChI is InChI=1S/C14H12O2S/c15-17(12-4-2-1-3-5-12)13-6-7-14-11(10-13)8-9-16-14/h1-7,10H,8-9H2. The van der Waals surface area contributed by atoms with Crippen LogP contribution in [0.15, 0.2) is 58.3 Å². The Balaban J connectivity index is 1.97. The van der Waals surface area contributed by atoms with Gasteiger partial charge < -0.3 is 4.74 Å². The molecule has 2 aromatic rings. The molecule has 1 aliphatic rings. The second kappa shape index (κ2) is 4.34. The van der Waals surface area contributed by atoms with Crippen LogP contribution in [-0.4, -0.2) is 10.8 Å². The van der Waals surface area contributed by atoms with Gasteiger partial charge in [-0.1, -0.05) is 18.2 Å². The van der Waals surface area contributed by atoms with E-state index in [1.54, 1.807) is 0 Å². The fraction of sp³-hybridized carbons (Fsp3) is 0.143. The first-order chi connectivity index (χ1) is 8.34. The molecule has 0 saturated heterocycles. The molecule has 0 radical (unpaired) electrons. The molecule has 0 saturated carbocycles. The van der Waals surface area contributed by atoms with Crippen LogP contribution in [0.2, 0.25) is 0 Å². The lowest BCUT2D eigenvalue weighted by Crippen LogP contribution is -1.93. The first kappa shape index (κ1) is 10.5. The Morgan fingerprint density at radius 1 is 1.00 bits per heavy atom. The van der Waals surface area contributed by atoms with Crippen molar-refractivity contribution in [2.75, 3.05) is 6.61 Å². The molecule has 0 spiro atoms. The quantitative estimate of drug-likeness (QED) is 0.812. The molecule has 0 aliphatic carbocycles. The van der Waals surface area contributed by atoms with E-state index in [2.05, 4.69) is 0 Å². The van der Waals surface area contributed by atoms with Gasteiger partial charge in [-0.25, -0.2) is 4.21 Å². The number of hydrogen-bond donors (Lipinski definition) is 0. The van der Waals surface area contributed by atoms with Gasteiger partial charge in [0.2, 0.25) is 0 Å². The van der Waals surface area contributed by atoms with E-state index in [0.29, 0.717) is 0 Å². The number of benzene rings is 2. The molecule has 1 unspecified atom stereocenters. The summed E-state index contributed by atoms with van der Waals surface area (Å²) in [5.41, 5.74) is 1.16. The van der Waals surface area contributed by atoms with Crippen LogP contribution in [0, 0.1) is 0 Å². The van der Waals surface area contributed by atoms with Crippen molar-refractivity contribution >= 4 is 10.8 Å². The first-order valence-electron chi connectivity index (χ1n) is 5.57. The summed E-state index contributed by atoms with van der Waals surface area (Å²) in [4.78, 5) is 1.69. The van der Waals surface area contributed by atoms with Crippen LogP contribution in [0.5, 0.6) is 5.75 Å². The van der Waals surface area contributed by atoms with Gasteiger partial charge in [0.05, 0.1) is 17.4 Å². The minimum absolute atomic E-state index is 0.733. The van der Waals surface area contributed by atoms with Crippen LogP contribution < -0.4 is 4.74 Å². The van der Waals surface area contributed by atoms with E-state index in [9.17, 15) is 4.21 Å². The van der Waals surface area contributed by atoms with Crippen molar-refractivity contribution in [3.05, 3.63) is 54.1 Å². The van der Waals surface area contributed by atoms with Gasteiger partial charge in [-0.05, 0) is 35.9 Å². The van der Waals surface area contributed by atoms with E-state index in [4.69, 9.17) is 4.74 Å². The van der Waals surface area contributed by atoms with E-state index >= 15 is 0 Å². The molecule has 1 heterocycles. The highest BCUT2D eigenvalue weighted by Gasteiger charge is 2.14. The van der Waals surface area contributed by atoms with Crippen LogP contribution in [0.4, 0.5) is 0 Å². The van der Waals surface area contributed by atoms with Gasteiger partial charge in [-0.15, -0.1) is 0 Å². The van der Waals surface area contributed by atoms with Gasteiger partial charge in [0.15, 0.2) is 0 Å². The Hall–Kier alpha value is -1.61. The molecule has 1 atom stereocenters. The average molecular weight is 244 g/mol. The van der Waals surface area contributed by atoms with Crippen LogP contribution in [0.1, 0.15) is 5.56 Å². The number of rotatable bonds is 2. The summed E-state index contributed by atoms with van der Waals surface area (Å²) in [6, 6.07) is 15.3. The van der Waals surface area contributed by atoms with Crippen molar-refractivity contribution in [2.24, 2.45) is 0 Å². The molecular weight excluding hydrogens is 232 g/mol. The van der Waals surface area contributed by atoms with Crippen LogP contribution in [0.25, 0.3) is 0 Å². The maximum absolute atomic E-state index is 12.3. The van der Waals surface area contributed by atoms with E-state index in [1.807, 2.05) is 48.5 Å². The van der Waals surface area contributed by atoms with Crippen LogP contribution >= 0.6 is 0 Å². The van der Waals surface area contributed by atoms with Gasteiger partial charge >= 0.3 is 0 Å². The second-order valence-corrected chi connectivity index (χ2v) is 5.43. The monoisotopic (exact) mass is 244 g/mol. The minimum Gasteiger partial charge on any atom is -0.493 e. The molecule has 0 N–H and O–H groups in total. The summed E-state index contributed by atoms with van der Waals surface area (Å²) < 4.78 is 17.8. The van der Waals surface area contributed by atoms with Gasteiger partial charge in [0, 0.05) is 16.2 Å². The summed E-state index contributed by atoms with van der Waals surface area (Å²) in [7, 11) is -1.09. The third-order valence-electron chi connectivity index (χ3n) is 2.83. The Bertz CT molecular complexity index is 564. The van der Waals surface area contributed by atoms with E-state index in [-0.39, 0.29) is 0 Å². The predicted molar refractivity (Wildman–Crippen MR) is 66.8 cm³/mol. The lowest BCUT2D eigenvalue weighted by Gasteiger charge is -2.04. The van der Waals surface area contributed by atoms with E-state index < -0.39 is 10.8 Å². The van der Waals surface area contributed by atoms with E-state index in [0.717, 1.165) is 34.1 Å². The zero-order valence-corrected chi connectivity index (χ0v) is 10.1. The Labute approximate surface area is 103 Å². The molecule has 2 nitrogen and oxygen atoms in total. The number of hydrogen-bond acceptors (Lipinski definition) is 2. The summed E-state index contributed by atoms with van der Waals surface area (Å²) >= 11 is 0. The molecular formula is C14H12O2S. The molecule has 1 aliphatic heterocycles. The maximum Gasteiger partial charge on any atom is 0.122 e. The van der Waals surface area contributed by atoms with Crippen LogP contribution in [-0.2, 0) is 17.2 Å². The molecule has 0 aromatic heterocycles. The zero-order chi connectivity index (χ0) is 11.7. The highest BCUT2D eigenvalue weighted by molar-refractivity contribution is 7.85. The number of fused-ring (bicyclic) bond motifs is 1. The van der Waals surface area contributed by atoms with Crippen molar-refractivity contribution in [2.45, 2.75) is 16.2 Å². The molecule has 17 heavy (non-hydrogen) atoms. The van der Waals surface area contributed by atoms with Crippen molar-refractivity contribution in [3.63, 3.8) is 0 Å². The molecule has 0 bridgehead atoms. The molecule has 3 heteroatoms. The van der Waals surface area contributed by atoms with Crippen LogP contribution in [0.3, 0.4) is 0 Å². The summed E-state index contributed by atoms with van der Waals surface area (Å²) in [6.07, 6.45) is 0.912. The average Bonchev–Trinajstić information content (AvgIpc) is 2.86. The van der Waals surface area contributed by atoms with Gasteiger partial charge in [-0.3, -0.25) is 0 Å². The van der Waals surface area contributed by atoms with Crippen molar-refractivity contribution in [3.8, 4) is 5.75 Å². The molecule has 3 rings (SSSR count). The Morgan fingerprint density at radius 3 is 2.65 bits per heavy atom. The Morgan fingerprint density at radius 2 is 1.82 bits per heavy atom. The Kier molecular flexibility index (Phi) is 2.69. The second-order valence-electron chi connectivity index (χ2n) is 3.95. The largest absolute Gasteiger partial charge is 0.493 e. The first-order valence-corrected chi connectivity index (χ1v) is 6.72. The normalized spacial score (nSPS) is 15.1. The lowest BCUT2D eigenvalue weighted by atomic mass is 10.2. The molecule has 86 valence electrons. The van der Waals surface area contributed by atoms with Gasteiger partial charge in [0.1, 0.15) is 5.75 Å². The fourth-order valence-electron chi connectivity index (χ4n) is 1.96. The van der Waals surface area contributed by atoms with Crippen molar-refractivity contribution in [1.82, 2.24) is 0 Å². The third-order valence-corrected chi connectivity index (χ3v) is 4.21. The number of ether oxygens (including phenoxy) is 1. The minimum atomic E-state index is -1.09. The molecule has 2 aromatic carbocycles. The summed E-state index contributed by atoms with van der Waals surface area (Å²) in [5, 5.41) is 0. The van der Waals surface area contributed by atoms with Crippen molar-refractivity contribution < 1.29 is 8.95 Å². The zero-order valence-electron chi connectivity index (χ0n) is 9.26. The fourth-order valence-corrected chi connectivity index (χ4v) is 3.08. The summed E-state index contributed by atoms with van der Waals surface area (Å²) in [6.45, 7) is 0.733. The van der Waals surface area contributed by atoms with E-state index in [1.165, 1.54) is 0 Å². The third kappa shape index (κ3) is 1.98. The lowest BCUT2D eigenvalue weighted by molar-refractivity contribution is 0.356. The predicted octanol–water partition coefficient (Wildman–Crippen LogP) is 2.79. The maximum atomic E-state index is 12.3. The smallest absolute Gasteiger partial charge is 0.122 e. The molecule has 0 fully saturated rings. The molecule has 0 amide bonds. The van der Waals surface area contributed by atoms with Gasteiger partial charge in [0.25, 0.3) is 0 Å². The summed E-state index contributed by atoms with van der Waals surface area (Å²) in [5.74, 6) is 0.929. The highest BCUT2D eigenvalue weighted by atomic mass is 32.2. The highest BCUT2D eigenvalue weighted by Crippen LogP contribution is 2.28. The topological polar surface area (TPSA) is 26.3 Å².